The van der Waals surface area contributed by atoms with Crippen LogP contribution in [0, 0.1) is 0 Å². The monoisotopic (exact) mass is 636 g/mol. The quantitative estimate of drug-likeness (QED) is 0.180. The first-order valence-corrected chi connectivity index (χ1v) is 17.1. The highest BCUT2D eigenvalue weighted by Gasteiger charge is 2.22. The van der Waals surface area contributed by atoms with E-state index in [-0.39, 0.29) is 0 Å². The van der Waals surface area contributed by atoms with E-state index < -0.39 is 0 Å². The van der Waals surface area contributed by atoms with Gasteiger partial charge in [-0.25, -0.2) is 0 Å². The minimum Gasteiger partial charge on any atom is -0.456 e. The molecule has 2 aromatic heterocycles. The zero-order valence-electron chi connectivity index (χ0n) is 27.0. The first-order chi connectivity index (χ1) is 24.8. The summed E-state index contributed by atoms with van der Waals surface area (Å²) in [5.74, 6) is 0. The van der Waals surface area contributed by atoms with E-state index in [1.54, 1.807) is 0 Å². The molecule has 0 atom stereocenters. The molecule has 0 saturated heterocycles. The largest absolute Gasteiger partial charge is 0.456 e. The molecule has 2 nitrogen and oxygen atoms in total. The predicted molar refractivity (Wildman–Crippen MR) is 210 cm³/mol. The number of hydrogen-bond acceptors (Lipinski definition) is 2. The topological polar surface area (TPSA) is 26.3 Å². The minimum atomic E-state index is 0.877. The van der Waals surface area contributed by atoms with Gasteiger partial charge in [0.05, 0.1) is 0 Å². The summed E-state index contributed by atoms with van der Waals surface area (Å²) < 4.78 is 13.0. The Morgan fingerprint density at radius 1 is 0.280 bits per heavy atom. The number of para-hydroxylation sites is 1. The molecule has 2 heteroatoms. The van der Waals surface area contributed by atoms with Gasteiger partial charge in [0.25, 0.3) is 0 Å². The van der Waals surface area contributed by atoms with E-state index >= 15 is 0 Å². The normalized spacial score (nSPS) is 12.0. The lowest BCUT2D eigenvalue weighted by atomic mass is 9.84. The number of benzene rings is 9. The molecule has 2 heterocycles. The summed E-state index contributed by atoms with van der Waals surface area (Å²) in [6.45, 7) is 0. The SMILES string of the molecule is c1ccc(-c2c3ccccc3c(-c3cc(-c4ccc5oc6cc7ccccc7cc6c5c4)cc4oc5ccccc5c34)c3ccccc23)cc1. The van der Waals surface area contributed by atoms with Crippen LogP contribution >= 0.6 is 0 Å². The fourth-order valence-corrected chi connectivity index (χ4v) is 8.19. The van der Waals surface area contributed by atoms with E-state index in [1.807, 2.05) is 6.07 Å². The Kier molecular flexibility index (Phi) is 5.70. The van der Waals surface area contributed by atoms with Gasteiger partial charge in [-0.2, -0.15) is 0 Å². The molecule has 0 spiro atoms. The van der Waals surface area contributed by atoms with Crippen molar-refractivity contribution in [1.82, 2.24) is 0 Å². The molecule has 0 amide bonds. The van der Waals surface area contributed by atoms with Gasteiger partial charge in [-0.1, -0.05) is 127 Å². The molecule has 0 aliphatic rings. The Hall–Kier alpha value is -6.64. The van der Waals surface area contributed by atoms with Gasteiger partial charge in [0.1, 0.15) is 22.3 Å². The third-order valence-corrected chi connectivity index (χ3v) is 10.4. The van der Waals surface area contributed by atoms with Crippen LogP contribution in [-0.2, 0) is 0 Å². The molecule has 0 fully saturated rings. The van der Waals surface area contributed by atoms with Gasteiger partial charge in [-0.3, -0.25) is 0 Å². The van der Waals surface area contributed by atoms with Crippen LogP contribution < -0.4 is 0 Å². The molecular weight excluding hydrogens is 609 g/mol. The smallest absolute Gasteiger partial charge is 0.136 e. The molecule has 0 bridgehead atoms. The zero-order chi connectivity index (χ0) is 32.8. The minimum absolute atomic E-state index is 0.877. The van der Waals surface area contributed by atoms with Crippen LogP contribution in [0.5, 0.6) is 0 Å². The molecule has 0 aliphatic carbocycles. The van der Waals surface area contributed by atoms with Gasteiger partial charge < -0.3 is 8.83 Å². The molecule has 11 aromatic rings. The molecule has 50 heavy (non-hydrogen) atoms. The van der Waals surface area contributed by atoms with Gasteiger partial charge in [-0.15, -0.1) is 0 Å². The lowest BCUT2D eigenvalue weighted by Crippen LogP contribution is -1.92. The second-order valence-corrected chi connectivity index (χ2v) is 13.2. The Balaban J connectivity index is 1.25. The Labute approximate surface area is 287 Å². The molecule has 0 saturated carbocycles. The summed E-state index contributed by atoms with van der Waals surface area (Å²) in [7, 11) is 0. The van der Waals surface area contributed by atoms with Crippen LogP contribution in [0.3, 0.4) is 0 Å². The number of rotatable bonds is 3. The average Bonchev–Trinajstić information content (AvgIpc) is 3.73. The fraction of sp³-hybridized carbons (Fsp3) is 0. The van der Waals surface area contributed by atoms with Crippen molar-refractivity contribution < 1.29 is 8.83 Å². The second kappa shape index (κ2) is 10.4. The molecule has 232 valence electrons. The van der Waals surface area contributed by atoms with Crippen molar-refractivity contribution in [1.29, 1.82) is 0 Å². The van der Waals surface area contributed by atoms with Crippen LogP contribution in [0.1, 0.15) is 0 Å². The van der Waals surface area contributed by atoms with Crippen LogP contribution in [0.15, 0.2) is 179 Å². The summed E-state index contributed by atoms with van der Waals surface area (Å²) in [5.41, 5.74) is 10.6. The van der Waals surface area contributed by atoms with Crippen molar-refractivity contribution in [3.8, 4) is 33.4 Å². The van der Waals surface area contributed by atoms with E-state index in [0.717, 1.165) is 60.6 Å². The molecule has 0 N–H and O–H groups in total. The first kappa shape index (κ1) is 27.3. The molecule has 9 aromatic carbocycles. The van der Waals surface area contributed by atoms with Crippen molar-refractivity contribution in [3.63, 3.8) is 0 Å². The maximum atomic E-state index is 6.67. The second-order valence-electron chi connectivity index (χ2n) is 13.2. The van der Waals surface area contributed by atoms with Crippen molar-refractivity contribution in [2.45, 2.75) is 0 Å². The van der Waals surface area contributed by atoms with E-state index in [0.29, 0.717) is 0 Å². The van der Waals surface area contributed by atoms with Crippen LogP contribution in [0.2, 0.25) is 0 Å². The Morgan fingerprint density at radius 3 is 1.58 bits per heavy atom. The van der Waals surface area contributed by atoms with Crippen molar-refractivity contribution in [2.75, 3.05) is 0 Å². The average molecular weight is 637 g/mol. The summed E-state index contributed by atoms with van der Waals surface area (Å²) >= 11 is 0. The number of furan rings is 2. The first-order valence-electron chi connectivity index (χ1n) is 17.1. The summed E-state index contributed by atoms with van der Waals surface area (Å²) in [4.78, 5) is 0. The highest BCUT2D eigenvalue weighted by molar-refractivity contribution is 6.26. The van der Waals surface area contributed by atoms with E-state index in [9.17, 15) is 0 Å². The molecule has 11 rings (SSSR count). The molecule has 0 unspecified atom stereocenters. The fourth-order valence-electron chi connectivity index (χ4n) is 8.19. The summed E-state index contributed by atoms with van der Waals surface area (Å²) in [6, 6.07) is 60.9. The van der Waals surface area contributed by atoms with Gasteiger partial charge in [-0.05, 0) is 108 Å². The Morgan fingerprint density at radius 2 is 0.840 bits per heavy atom. The van der Waals surface area contributed by atoms with Crippen molar-refractivity contribution in [3.05, 3.63) is 170 Å². The van der Waals surface area contributed by atoms with Gasteiger partial charge in [0.2, 0.25) is 0 Å². The van der Waals surface area contributed by atoms with E-state index in [1.165, 1.54) is 49.0 Å². The van der Waals surface area contributed by atoms with Gasteiger partial charge in [0, 0.05) is 21.5 Å². The standard InChI is InChI=1S/C48H28O2/c1-2-12-29(13-3-1)46-34-16-6-8-18-36(34)47(37-19-9-7-17-35(37)46)41-26-33(28-45-48(41)38-20-10-11-21-42(38)50-45)32-22-23-43-39(25-32)40-24-30-14-4-5-15-31(30)27-44(40)49-43/h1-28H. The van der Waals surface area contributed by atoms with Gasteiger partial charge in [0.15, 0.2) is 0 Å². The Bertz CT molecular complexity index is 3080. The lowest BCUT2D eigenvalue weighted by Gasteiger charge is -2.19. The molecule has 0 aliphatic heterocycles. The third-order valence-electron chi connectivity index (χ3n) is 10.4. The van der Waals surface area contributed by atoms with E-state index in [4.69, 9.17) is 8.83 Å². The highest BCUT2D eigenvalue weighted by atomic mass is 16.3. The van der Waals surface area contributed by atoms with Gasteiger partial charge >= 0.3 is 0 Å². The third kappa shape index (κ3) is 3.96. The zero-order valence-corrected chi connectivity index (χ0v) is 27.0. The maximum absolute atomic E-state index is 6.67. The van der Waals surface area contributed by atoms with Crippen molar-refractivity contribution in [2.24, 2.45) is 0 Å². The maximum Gasteiger partial charge on any atom is 0.136 e. The molecule has 0 radical (unpaired) electrons. The van der Waals surface area contributed by atoms with Crippen molar-refractivity contribution >= 4 is 76.2 Å². The van der Waals surface area contributed by atoms with Crippen LogP contribution in [0.4, 0.5) is 0 Å². The number of fused-ring (bicyclic) bond motifs is 9. The summed E-state index contributed by atoms with van der Waals surface area (Å²) in [5, 5.41) is 11.8. The summed E-state index contributed by atoms with van der Waals surface area (Å²) in [6.07, 6.45) is 0. The van der Waals surface area contributed by atoms with Crippen LogP contribution in [-0.4, -0.2) is 0 Å². The highest BCUT2D eigenvalue weighted by Crippen LogP contribution is 2.48. The van der Waals surface area contributed by atoms with Crippen LogP contribution in [0.25, 0.3) is 110 Å². The van der Waals surface area contributed by atoms with E-state index in [2.05, 4.69) is 164 Å². The predicted octanol–water partition coefficient (Wildman–Crippen LogP) is 13.9. The molecular formula is C48H28O2. The lowest BCUT2D eigenvalue weighted by molar-refractivity contribution is 0.669. The number of hydrogen-bond donors (Lipinski definition) is 0.